The molecule has 1 aliphatic heterocycles. The largest absolute Gasteiger partial charge is 0.389 e. The van der Waals surface area contributed by atoms with Crippen LogP contribution in [0.5, 0.6) is 0 Å². The van der Waals surface area contributed by atoms with E-state index in [4.69, 9.17) is 5.11 Å². The Hall–Kier alpha value is -0.340. The van der Waals surface area contributed by atoms with E-state index in [-0.39, 0.29) is 6.10 Å². The number of aliphatic hydroxyl groups is 1. The molecule has 12 heavy (non-hydrogen) atoms. The second kappa shape index (κ2) is 4.06. The van der Waals surface area contributed by atoms with Crippen molar-refractivity contribution in [1.82, 2.24) is 4.90 Å². The summed E-state index contributed by atoms with van der Waals surface area (Å²) in [4.78, 5) is 2.42. The van der Waals surface area contributed by atoms with Crippen molar-refractivity contribution in [2.75, 3.05) is 13.1 Å². The molecule has 0 radical (unpaired) electrons. The normalized spacial score (nSPS) is 25.6. The van der Waals surface area contributed by atoms with Gasteiger partial charge in [-0.15, -0.1) is 0 Å². The third-order valence-corrected chi connectivity index (χ3v) is 2.33. The number of aliphatic hydroxyl groups excluding tert-OH is 1. The van der Waals surface area contributed by atoms with Crippen molar-refractivity contribution in [2.24, 2.45) is 0 Å². The molecule has 1 saturated heterocycles. The van der Waals surface area contributed by atoms with Crippen molar-refractivity contribution in [2.45, 2.75) is 39.3 Å². The lowest BCUT2D eigenvalue weighted by Gasteiger charge is -2.18. The second-order valence-electron chi connectivity index (χ2n) is 3.88. The Labute approximate surface area is 74.9 Å². The molecule has 1 aliphatic rings. The van der Waals surface area contributed by atoms with Crippen LogP contribution in [0.1, 0.15) is 27.2 Å². The Bertz CT molecular complexity index is 173. The summed E-state index contributed by atoms with van der Waals surface area (Å²) in [6, 6.07) is 0.630. The van der Waals surface area contributed by atoms with Crippen LogP contribution in [0, 0.1) is 0 Å². The molecule has 1 fully saturated rings. The second-order valence-corrected chi connectivity index (χ2v) is 3.88. The van der Waals surface area contributed by atoms with Crippen molar-refractivity contribution >= 4 is 0 Å². The Morgan fingerprint density at radius 1 is 1.42 bits per heavy atom. The van der Waals surface area contributed by atoms with Gasteiger partial charge in [0.15, 0.2) is 0 Å². The molecule has 1 atom stereocenters. The van der Waals surface area contributed by atoms with Crippen molar-refractivity contribution < 1.29 is 5.11 Å². The summed E-state index contributed by atoms with van der Waals surface area (Å²) in [7, 11) is 0. The molecule has 1 unspecified atom stereocenters. The Kier molecular flexibility index (Phi) is 3.29. The van der Waals surface area contributed by atoms with E-state index in [0.717, 1.165) is 19.5 Å². The maximum absolute atomic E-state index is 9.14. The molecule has 1 rings (SSSR count). The molecule has 0 aliphatic carbocycles. The lowest BCUT2D eigenvalue weighted by atomic mass is 10.2. The van der Waals surface area contributed by atoms with E-state index in [0.29, 0.717) is 6.04 Å². The number of likely N-dealkylation sites (tertiary alicyclic amines) is 1. The first-order valence-corrected chi connectivity index (χ1v) is 4.71. The summed E-state index contributed by atoms with van der Waals surface area (Å²) >= 11 is 0. The third kappa shape index (κ3) is 2.61. The molecule has 2 nitrogen and oxygen atoms in total. The SMILES string of the molecule is CC(O)C=C1CCN(C(C)C)C1. The summed E-state index contributed by atoms with van der Waals surface area (Å²) in [6.07, 6.45) is 2.82. The zero-order valence-electron chi connectivity index (χ0n) is 8.25. The summed E-state index contributed by atoms with van der Waals surface area (Å²) < 4.78 is 0. The topological polar surface area (TPSA) is 23.5 Å². The van der Waals surface area contributed by atoms with E-state index in [9.17, 15) is 0 Å². The molecule has 0 aromatic heterocycles. The maximum Gasteiger partial charge on any atom is 0.0695 e. The molecule has 70 valence electrons. The molecule has 2 heteroatoms. The highest BCUT2D eigenvalue weighted by Gasteiger charge is 2.18. The van der Waals surface area contributed by atoms with Crippen LogP contribution in [0.25, 0.3) is 0 Å². The van der Waals surface area contributed by atoms with Gasteiger partial charge in [-0.05, 0) is 27.2 Å². The third-order valence-electron chi connectivity index (χ3n) is 2.33. The molecule has 0 aromatic rings. The van der Waals surface area contributed by atoms with Crippen molar-refractivity contribution in [1.29, 1.82) is 0 Å². The minimum absolute atomic E-state index is 0.285. The van der Waals surface area contributed by atoms with Crippen molar-refractivity contribution in [3.05, 3.63) is 11.6 Å². The molecule has 0 amide bonds. The molecule has 1 N–H and O–H groups in total. The van der Waals surface area contributed by atoms with Crippen molar-refractivity contribution in [3.63, 3.8) is 0 Å². The van der Waals surface area contributed by atoms with Gasteiger partial charge in [-0.1, -0.05) is 11.6 Å². The summed E-state index contributed by atoms with van der Waals surface area (Å²) in [5.41, 5.74) is 1.39. The van der Waals surface area contributed by atoms with Crippen LogP contribution in [-0.4, -0.2) is 35.2 Å². The highest BCUT2D eigenvalue weighted by atomic mass is 16.3. The fourth-order valence-corrected chi connectivity index (χ4v) is 1.62. The van der Waals surface area contributed by atoms with Gasteiger partial charge in [0.2, 0.25) is 0 Å². The van der Waals surface area contributed by atoms with E-state index in [1.807, 2.05) is 13.0 Å². The Balaban J connectivity index is 2.45. The van der Waals surface area contributed by atoms with E-state index in [1.165, 1.54) is 5.57 Å². The van der Waals surface area contributed by atoms with E-state index in [1.54, 1.807) is 0 Å². The maximum atomic E-state index is 9.14. The van der Waals surface area contributed by atoms with E-state index < -0.39 is 0 Å². The fourth-order valence-electron chi connectivity index (χ4n) is 1.62. The number of rotatable bonds is 2. The first-order chi connectivity index (χ1) is 5.59. The van der Waals surface area contributed by atoms with Gasteiger partial charge in [-0.25, -0.2) is 0 Å². The molecule has 1 heterocycles. The lowest BCUT2D eigenvalue weighted by molar-refractivity contribution is 0.242. The monoisotopic (exact) mass is 169 g/mol. The van der Waals surface area contributed by atoms with Crippen LogP contribution in [-0.2, 0) is 0 Å². The lowest BCUT2D eigenvalue weighted by Crippen LogP contribution is -2.27. The van der Waals surface area contributed by atoms with Crippen LogP contribution in [0.15, 0.2) is 11.6 Å². The van der Waals surface area contributed by atoms with Gasteiger partial charge in [0.05, 0.1) is 6.10 Å². The summed E-state index contributed by atoms with van der Waals surface area (Å²) in [6.45, 7) is 8.43. The standard InChI is InChI=1S/C10H19NO/c1-8(2)11-5-4-10(7-11)6-9(3)12/h6,8-9,12H,4-5,7H2,1-3H3. The number of nitrogens with zero attached hydrogens (tertiary/aromatic N) is 1. The molecular formula is C10H19NO. The summed E-state index contributed by atoms with van der Waals surface area (Å²) in [5.74, 6) is 0. The van der Waals surface area contributed by atoms with Gasteiger partial charge in [-0.2, -0.15) is 0 Å². The molecule has 0 saturated carbocycles. The predicted molar refractivity (Wildman–Crippen MR) is 51.1 cm³/mol. The quantitative estimate of drug-likeness (QED) is 0.632. The van der Waals surface area contributed by atoms with Crippen molar-refractivity contribution in [3.8, 4) is 0 Å². The smallest absolute Gasteiger partial charge is 0.0695 e. The average molecular weight is 169 g/mol. The van der Waals surface area contributed by atoms with Gasteiger partial charge in [0.25, 0.3) is 0 Å². The minimum Gasteiger partial charge on any atom is -0.389 e. The minimum atomic E-state index is -0.285. The number of hydrogen-bond acceptors (Lipinski definition) is 2. The fraction of sp³-hybridized carbons (Fsp3) is 0.800. The molecule has 0 spiro atoms. The predicted octanol–water partition coefficient (Wildman–Crippen LogP) is 1.41. The molecular weight excluding hydrogens is 150 g/mol. The van der Waals surface area contributed by atoms with Gasteiger partial charge >= 0.3 is 0 Å². The van der Waals surface area contributed by atoms with Crippen LogP contribution in [0.2, 0.25) is 0 Å². The van der Waals surface area contributed by atoms with Crippen LogP contribution < -0.4 is 0 Å². The zero-order chi connectivity index (χ0) is 9.14. The van der Waals surface area contributed by atoms with Crippen LogP contribution >= 0.6 is 0 Å². The highest BCUT2D eigenvalue weighted by Crippen LogP contribution is 2.17. The Morgan fingerprint density at radius 3 is 2.50 bits per heavy atom. The van der Waals surface area contributed by atoms with Gasteiger partial charge in [-0.3, -0.25) is 4.90 Å². The number of hydrogen-bond donors (Lipinski definition) is 1. The van der Waals surface area contributed by atoms with E-state index >= 15 is 0 Å². The average Bonchev–Trinajstić information content (AvgIpc) is 2.34. The van der Waals surface area contributed by atoms with Gasteiger partial charge in [0, 0.05) is 19.1 Å². The van der Waals surface area contributed by atoms with Gasteiger partial charge < -0.3 is 5.11 Å². The highest BCUT2D eigenvalue weighted by molar-refractivity contribution is 5.11. The van der Waals surface area contributed by atoms with E-state index in [2.05, 4.69) is 18.7 Å². The van der Waals surface area contributed by atoms with Crippen LogP contribution in [0.4, 0.5) is 0 Å². The molecule has 0 aromatic carbocycles. The molecule has 0 bridgehead atoms. The first-order valence-electron chi connectivity index (χ1n) is 4.71. The zero-order valence-corrected chi connectivity index (χ0v) is 8.25. The Morgan fingerprint density at radius 2 is 2.08 bits per heavy atom. The summed E-state index contributed by atoms with van der Waals surface area (Å²) in [5, 5.41) is 9.14. The first kappa shape index (κ1) is 9.75. The van der Waals surface area contributed by atoms with Crippen LogP contribution in [0.3, 0.4) is 0 Å². The van der Waals surface area contributed by atoms with Gasteiger partial charge in [0.1, 0.15) is 0 Å².